The number of H-pyrrole nitrogens is 2. The number of nitrogens with two attached hydrogens (primary N) is 1. The number of rotatable bonds is 2. The third kappa shape index (κ3) is 2.85. The molecule has 6 rings (SSSR count). The Labute approximate surface area is 182 Å². The van der Waals surface area contributed by atoms with Crippen LogP contribution in [0.15, 0.2) is 29.3 Å². The Morgan fingerprint density at radius 1 is 1.16 bits per heavy atom. The van der Waals surface area contributed by atoms with Crippen molar-refractivity contribution >= 4 is 39.5 Å². The number of aromatic nitrogens is 5. The lowest BCUT2D eigenvalue weighted by atomic mass is 9.98. The van der Waals surface area contributed by atoms with E-state index in [1.54, 1.807) is 6.92 Å². The fraction of sp³-hybridized carbons (Fsp3) is 0.364. The summed E-state index contributed by atoms with van der Waals surface area (Å²) in [5, 5.41) is 0.742. The van der Waals surface area contributed by atoms with Crippen molar-refractivity contribution in [2.75, 3.05) is 4.90 Å². The number of hydrogen-bond donors (Lipinski definition) is 3. The second-order valence-corrected chi connectivity index (χ2v) is 9.00. The lowest BCUT2D eigenvalue weighted by molar-refractivity contribution is 0.412. The molecule has 4 N–H and O–H groups in total. The van der Waals surface area contributed by atoms with E-state index in [9.17, 15) is 4.79 Å². The van der Waals surface area contributed by atoms with E-state index in [4.69, 9.17) is 27.3 Å². The number of piperidine rings is 1. The molecule has 2 saturated heterocycles. The number of aryl methyl sites for hydroxylation is 1. The highest BCUT2D eigenvalue weighted by atomic mass is 35.5. The molecule has 1 aromatic carbocycles. The van der Waals surface area contributed by atoms with Crippen molar-refractivity contribution in [3.05, 3.63) is 45.7 Å². The first-order valence-electron chi connectivity index (χ1n) is 10.6. The molecule has 2 aliphatic rings. The molecular weight excluding hydrogens is 414 g/mol. The second kappa shape index (κ2) is 6.77. The van der Waals surface area contributed by atoms with Crippen LogP contribution in [0.1, 0.15) is 31.5 Å². The third-order valence-corrected chi connectivity index (χ3v) is 7.01. The van der Waals surface area contributed by atoms with Crippen LogP contribution < -0.4 is 16.2 Å². The van der Waals surface area contributed by atoms with Crippen LogP contribution in [0.3, 0.4) is 0 Å². The molecule has 4 aromatic rings. The van der Waals surface area contributed by atoms with Crippen LogP contribution in [0.2, 0.25) is 5.02 Å². The summed E-state index contributed by atoms with van der Waals surface area (Å²) in [6.07, 6.45) is 8.00. The highest BCUT2D eigenvalue weighted by Gasteiger charge is 2.40. The summed E-state index contributed by atoms with van der Waals surface area (Å²) in [5.74, 6) is 1.44. The van der Waals surface area contributed by atoms with E-state index in [1.165, 1.54) is 0 Å². The smallest absolute Gasteiger partial charge is 0.260 e. The summed E-state index contributed by atoms with van der Waals surface area (Å²) in [7, 11) is 0. The fourth-order valence-electron chi connectivity index (χ4n) is 5.33. The molecule has 0 amide bonds. The number of nitrogens with zero attached hydrogens (tertiary/aromatic N) is 4. The lowest BCUT2D eigenvalue weighted by Crippen LogP contribution is -2.47. The van der Waals surface area contributed by atoms with Crippen molar-refractivity contribution in [1.82, 2.24) is 24.9 Å². The first-order chi connectivity index (χ1) is 15.0. The van der Waals surface area contributed by atoms with Gasteiger partial charge in [-0.05, 0) is 38.7 Å². The van der Waals surface area contributed by atoms with Crippen molar-refractivity contribution in [1.29, 1.82) is 0 Å². The van der Waals surface area contributed by atoms with Crippen LogP contribution in [-0.2, 0) is 0 Å². The van der Waals surface area contributed by atoms with E-state index in [0.717, 1.165) is 48.1 Å². The van der Waals surface area contributed by atoms with Gasteiger partial charge in [0.1, 0.15) is 17.2 Å². The van der Waals surface area contributed by atoms with Crippen LogP contribution in [0, 0.1) is 6.92 Å². The minimum atomic E-state index is -0.249. The van der Waals surface area contributed by atoms with Gasteiger partial charge in [-0.15, -0.1) is 0 Å². The molecule has 31 heavy (non-hydrogen) atoms. The molecule has 0 saturated carbocycles. The van der Waals surface area contributed by atoms with E-state index in [2.05, 4.69) is 19.9 Å². The van der Waals surface area contributed by atoms with Gasteiger partial charge in [0.25, 0.3) is 5.56 Å². The molecule has 5 heterocycles. The van der Waals surface area contributed by atoms with Gasteiger partial charge in [0, 0.05) is 35.4 Å². The van der Waals surface area contributed by atoms with Gasteiger partial charge in [-0.2, -0.15) is 0 Å². The average Bonchev–Trinajstić information content (AvgIpc) is 3.26. The molecule has 2 fully saturated rings. The molecule has 1 unspecified atom stereocenters. The van der Waals surface area contributed by atoms with Gasteiger partial charge in [0.15, 0.2) is 5.65 Å². The summed E-state index contributed by atoms with van der Waals surface area (Å²) < 4.78 is 0. The highest BCUT2D eigenvalue weighted by Crippen LogP contribution is 2.39. The zero-order chi connectivity index (χ0) is 21.3. The summed E-state index contributed by atoms with van der Waals surface area (Å²) >= 11 is 6.66. The molecular formula is C22H22ClN7O. The Kier molecular flexibility index (Phi) is 4.10. The van der Waals surface area contributed by atoms with Crippen LogP contribution in [0.5, 0.6) is 0 Å². The molecule has 3 aromatic heterocycles. The van der Waals surface area contributed by atoms with Crippen molar-refractivity contribution in [3.63, 3.8) is 0 Å². The van der Waals surface area contributed by atoms with Gasteiger partial charge in [0.05, 0.1) is 22.1 Å². The number of nitrogens with one attached hydrogen (secondary N) is 2. The van der Waals surface area contributed by atoms with Crippen molar-refractivity contribution in [2.45, 2.75) is 50.7 Å². The van der Waals surface area contributed by atoms with E-state index in [-0.39, 0.29) is 11.6 Å². The maximum Gasteiger partial charge on any atom is 0.260 e. The standard InChI is InChI=1S/C22H22ClN7O/c1-10-27-16-5-4-14(19(23)18(16)22(31)28-10)15-8-26-21-20(15)25-9-17(29-21)30-12-2-3-13(30)7-11(24)6-12/h4-5,8-9,11-13H,2-3,6-7,24H2,1H3,(H,26,29)(H,27,28,31)/t11?,12-,13+. The maximum atomic E-state index is 12.5. The first-order valence-corrected chi connectivity index (χ1v) is 10.9. The summed E-state index contributed by atoms with van der Waals surface area (Å²) in [6.45, 7) is 1.75. The Bertz CT molecular complexity index is 1380. The van der Waals surface area contributed by atoms with E-state index >= 15 is 0 Å². The third-order valence-electron chi connectivity index (χ3n) is 6.62. The predicted octanol–water partition coefficient (Wildman–Crippen LogP) is 3.28. The molecule has 0 aliphatic carbocycles. The van der Waals surface area contributed by atoms with Crippen LogP contribution in [0.25, 0.3) is 33.2 Å². The van der Waals surface area contributed by atoms with Gasteiger partial charge in [0.2, 0.25) is 0 Å². The zero-order valence-corrected chi connectivity index (χ0v) is 17.8. The molecule has 3 atom stereocenters. The maximum absolute atomic E-state index is 12.5. The molecule has 2 bridgehead atoms. The minimum absolute atomic E-state index is 0.249. The van der Waals surface area contributed by atoms with Gasteiger partial charge in [-0.3, -0.25) is 4.79 Å². The zero-order valence-electron chi connectivity index (χ0n) is 17.0. The summed E-state index contributed by atoms with van der Waals surface area (Å²) in [4.78, 5) is 34.8. The topological polar surface area (TPSA) is 117 Å². The molecule has 8 nitrogen and oxygen atoms in total. The average molecular weight is 436 g/mol. The Morgan fingerprint density at radius 2 is 1.94 bits per heavy atom. The largest absolute Gasteiger partial charge is 0.349 e. The number of halogens is 1. The minimum Gasteiger partial charge on any atom is -0.349 e. The molecule has 9 heteroatoms. The van der Waals surface area contributed by atoms with Gasteiger partial charge in [-0.1, -0.05) is 17.7 Å². The van der Waals surface area contributed by atoms with Crippen molar-refractivity contribution in [3.8, 4) is 11.1 Å². The summed E-state index contributed by atoms with van der Waals surface area (Å²) in [5.41, 5.74) is 9.50. The highest BCUT2D eigenvalue weighted by molar-refractivity contribution is 6.38. The van der Waals surface area contributed by atoms with E-state index in [0.29, 0.717) is 39.5 Å². The monoisotopic (exact) mass is 435 g/mol. The predicted molar refractivity (Wildman–Crippen MR) is 121 cm³/mol. The number of aromatic amines is 2. The number of benzene rings is 1. The van der Waals surface area contributed by atoms with Gasteiger partial charge in [-0.25, -0.2) is 15.0 Å². The SMILES string of the molecule is Cc1nc2ccc(-c3c[nH]c4nc(N5[C@@H]6CC[C@H]5CC(N)C6)cnc34)c(Cl)c2c(=O)[nH]1. The molecule has 2 aliphatic heterocycles. The second-order valence-electron chi connectivity index (χ2n) is 8.62. The Morgan fingerprint density at radius 3 is 2.71 bits per heavy atom. The van der Waals surface area contributed by atoms with Gasteiger partial charge < -0.3 is 20.6 Å². The quantitative estimate of drug-likeness (QED) is 0.445. The summed E-state index contributed by atoms with van der Waals surface area (Å²) in [6, 6.07) is 4.84. The molecule has 158 valence electrons. The van der Waals surface area contributed by atoms with E-state index in [1.807, 2.05) is 24.5 Å². The first kappa shape index (κ1) is 18.8. The number of hydrogen-bond acceptors (Lipinski definition) is 6. The van der Waals surface area contributed by atoms with Crippen LogP contribution in [0.4, 0.5) is 5.82 Å². The Hall–Kier alpha value is -2.97. The van der Waals surface area contributed by atoms with Gasteiger partial charge >= 0.3 is 0 Å². The van der Waals surface area contributed by atoms with Crippen molar-refractivity contribution in [2.24, 2.45) is 5.73 Å². The normalized spacial score (nSPS) is 23.2. The van der Waals surface area contributed by atoms with Crippen LogP contribution >= 0.6 is 11.6 Å². The molecule has 0 radical (unpaired) electrons. The van der Waals surface area contributed by atoms with E-state index < -0.39 is 0 Å². The number of fused-ring (bicyclic) bond motifs is 4. The lowest BCUT2D eigenvalue weighted by Gasteiger charge is -2.38. The molecule has 0 spiro atoms. The number of anilines is 1. The van der Waals surface area contributed by atoms with Crippen molar-refractivity contribution < 1.29 is 0 Å². The Balaban J connectivity index is 1.44. The fourth-order valence-corrected chi connectivity index (χ4v) is 5.68. The van der Waals surface area contributed by atoms with Crippen LogP contribution in [-0.4, -0.2) is 43.0 Å².